The summed E-state index contributed by atoms with van der Waals surface area (Å²) in [6.07, 6.45) is 1.25. The Morgan fingerprint density at radius 3 is 1.27 bits per heavy atom. The van der Waals surface area contributed by atoms with E-state index in [9.17, 15) is 29.4 Å². The first-order valence-electron chi connectivity index (χ1n) is 7.04. The average molecular weight is 306 g/mol. The second-order valence-electron chi connectivity index (χ2n) is 4.90. The van der Waals surface area contributed by atoms with E-state index >= 15 is 0 Å². The lowest BCUT2D eigenvalue weighted by Crippen LogP contribution is -2.16. The van der Waals surface area contributed by atoms with Crippen LogP contribution >= 0.6 is 0 Å². The predicted molar refractivity (Wildman–Crippen MR) is 78.8 cm³/mol. The number of rotatable bonds is 8. The van der Waals surface area contributed by atoms with E-state index in [0.717, 1.165) is 12.1 Å². The standard InChI is InChI=1S/C16H18O6/c1-3-5-13(17)9-7-12(16(21)22)10(14(18)6-4-2)8-11(9)15(19)20/h7-8H,3-6H2,1-2H3,(H,19,20)(H,21,22). The molecule has 0 aliphatic carbocycles. The average Bonchev–Trinajstić information content (AvgIpc) is 2.46. The van der Waals surface area contributed by atoms with Gasteiger partial charge in [0.25, 0.3) is 0 Å². The molecule has 0 atom stereocenters. The number of carboxylic acids is 2. The third-order valence-corrected chi connectivity index (χ3v) is 3.17. The van der Waals surface area contributed by atoms with E-state index in [1.54, 1.807) is 13.8 Å². The molecule has 0 aromatic heterocycles. The lowest BCUT2D eigenvalue weighted by atomic mass is 9.91. The number of ketones is 2. The summed E-state index contributed by atoms with van der Waals surface area (Å²) >= 11 is 0. The summed E-state index contributed by atoms with van der Waals surface area (Å²) in [7, 11) is 0. The fourth-order valence-corrected chi connectivity index (χ4v) is 2.14. The zero-order chi connectivity index (χ0) is 16.9. The molecule has 0 spiro atoms. The van der Waals surface area contributed by atoms with Crippen LogP contribution in [0.1, 0.15) is 81.0 Å². The summed E-state index contributed by atoms with van der Waals surface area (Å²) in [6, 6.07) is 2.01. The van der Waals surface area contributed by atoms with Crippen molar-refractivity contribution >= 4 is 23.5 Å². The van der Waals surface area contributed by atoms with E-state index in [2.05, 4.69) is 0 Å². The van der Waals surface area contributed by atoms with Gasteiger partial charge in [-0.05, 0) is 25.0 Å². The minimum Gasteiger partial charge on any atom is -0.478 e. The quantitative estimate of drug-likeness (QED) is 0.714. The van der Waals surface area contributed by atoms with Gasteiger partial charge in [-0.2, -0.15) is 0 Å². The highest BCUT2D eigenvalue weighted by Gasteiger charge is 2.24. The second-order valence-corrected chi connectivity index (χ2v) is 4.90. The maximum absolute atomic E-state index is 12.0. The Kier molecular flexibility index (Phi) is 5.98. The fourth-order valence-electron chi connectivity index (χ4n) is 2.14. The SMILES string of the molecule is CCCC(=O)c1cc(C(=O)O)c(C(=O)CCC)cc1C(=O)O. The zero-order valence-electron chi connectivity index (χ0n) is 12.5. The van der Waals surface area contributed by atoms with E-state index < -0.39 is 23.5 Å². The first-order chi connectivity index (χ1) is 10.3. The Bertz CT molecular complexity index is 574. The highest BCUT2D eigenvalue weighted by molar-refractivity contribution is 6.12. The summed E-state index contributed by atoms with van der Waals surface area (Å²) in [4.78, 5) is 46.7. The van der Waals surface area contributed by atoms with Gasteiger partial charge in [0.2, 0.25) is 0 Å². The normalized spacial score (nSPS) is 10.3. The minimum atomic E-state index is -1.36. The van der Waals surface area contributed by atoms with Gasteiger partial charge in [0.05, 0.1) is 11.1 Å². The smallest absolute Gasteiger partial charge is 0.336 e. The number of hydrogen-bond acceptors (Lipinski definition) is 4. The molecule has 0 aliphatic heterocycles. The first kappa shape index (κ1) is 17.6. The first-order valence-corrected chi connectivity index (χ1v) is 7.04. The van der Waals surface area contributed by atoms with Crippen molar-refractivity contribution in [1.82, 2.24) is 0 Å². The molecule has 6 heteroatoms. The molecular formula is C16H18O6. The third kappa shape index (κ3) is 3.78. The molecule has 0 amide bonds. The van der Waals surface area contributed by atoms with Gasteiger partial charge in [-0.1, -0.05) is 13.8 Å². The third-order valence-electron chi connectivity index (χ3n) is 3.17. The van der Waals surface area contributed by atoms with E-state index in [1.807, 2.05) is 0 Å². The van der Waals surface area contributed by atoms with E-state index in [1.165, 1.54) is 0 Å². The molecule has 0 saturated carbocycles. The topological polar surface area (TPSA) is 109 Å². The van der Waals surface area contributed by atoms with Gasteiger partial charge in [-0.3, -0.25) is 9.59 Å². The van der Waals surface area contributed by atoms with E-state index in [4.69, 9.17) is 0 Å². The largest absolute Gasteiger partial charge is 0.478 e. The van der Waals surface area contributed by atoms with Crippen molar-refractivity contribution in [1.29, 1.82) is 0 Å². The molecule has 1 aromatic rings. The minimum absolute atomic E-state index is 0.113. The van der Waals surface area contributed by atoms with Crippen LogP contribution in [0.3, 0.4) is 0 Å². The molecule has 1 aromatic carbocycles. The Morgan fingerprint density at radius 1 is 0.727 bits per heavy atom. The lowest BCUT2D eigenvalue weighted by Gasteiger charge is -2.11. The summed E-state index contributed by atoms with van der Waals surface area (Å²) in [5.41, 5.74) is -0.995. The van der Waals surface area contributed by atoms with Gasteiger partial charge in [-0.25, -0.2) is 9.59 Å². The second kappa shape index (κ2) is 7.49. The zero-order valence-corrected chi connectivity index (χ0v) is 12.5. The van der Waals surface area contributed by atoms with Gasteiger partial charge in [0.1, 0.15) is 0 Å². The van der Waals surface area contributed by atoms with Crippen LogP contribution in [0.15, 0.2) is 12.1 Å². The summed E-state index contributed by atoms with van der Waals surface area (Å²) < 4.78 is 0. The van der Waals surface area contributed by atoms with Crippen LogP contribution in [0.5, 0.6) is 0 Å². The summed E-state index contributed by atoms with van der Waals surface area (Å²) in [5.74, 6) is -3.61. The van der Waals surface area contributed by atoms with Crippen molar-refractivity contribution in [2.45, 2.75) is 39.5 Å². The van der Waals surface area contributed by atoms with Crippen LogP contribution in [0.4, 0.5) is 0 Å². The summed E-state index contributed by atoms with van der Waals surface area (Å²) in [5, 5.41) is 18.5. The molecule has 0 radical (unpaired) electrons. The van der Waals surface area contributed by atoms with E-state index in [-0.39, 0.29) is 35.1 Å². The molecule has 6 nitrogen and oxygen atoms in total. The summed E-state index contributed by atoms with van der Waals surface area (Å²) in [6.45, 7) is 3.52. The molecule has 0 bridgehead atoms. The van der Waals surface area contributed by atoms with Gasteiger partial charge >= 0.3 is 11.9 Å². The molecule has 0 aliphatic rings. The molecular weight excluding hydrogens is 288 g/mol. The molecule has 118 valence electrons. The number of carbonyl (C=O) groups excluding carboxylic acids is 2. The Labute approximate surface area is 127 Å². The van der Waals surface area contributed by atoms with Crippen LogP contribution < -0.4 is 0 Å². The van der Waals surface area contributed by atoms with Crippen molar-refractivity contribution in [3.05, 3.63) is 34.4 Å². The van der Waals surface area contributed by atoms with Crippen molar-refractivity contribution in [2.24, 2.45) is 0 Å². The van der Waals surface area contributed by atoms with Gasteiger partial charge in [0, 0.05) is 24.0 Å². The van der Waals surface area contributed by atoms with E-state index in [0.29, 0.717) is 12.8 Å². The van der Waals surface area contributed by atoms with Gasteiger partial charge < -0.3 is 10.2 Å². The molecule has 0 fully saturated rings. The Hall–Kier alpha value is -2.50. The molecule has 0 unspecified atom stereocenters. The number of hydrogen-bond donors (Lipinski definition) is 2. The van der Waals surface area contributed by atoms with Crippen LogP contribution in [-0.4, -0.2) is 33.7 Å². The predicted octanol–water partition coefficient (Wildman–Crippen LogP) is 3.05. The van der Waals surface area contributed by atoms with Gasteiger partial charge in [0.15, 0.2) is 11.6 Å². The maximum Gasteiger partial charge on any atom is 0.336 e. The van der Waals surface area contributed by atoms with Crippen molar-refractivity contribution in [2.75, 3.05) is 0 Å². The lowest BCUT2D eigenvalue weighted by molar-refractivity contribution is 0.0676. The van der Waals surface area contributed by atoms with Crippen molar-refractivity contribution < 1.29 is 29.4 Å². The van der Waals surface area contributed by atoms with Crippen molar-refractivity contribution in [3.63, 3.8) is 0 Å². The Morgan fingerprint density at radius 2 is 1.05 bits per heavy atom. The molecule has 22 heavy (non-hydrogen) atoms. The number of carboxylic acid groups (broad SMARTS) is 2. The molecule has 0 heterocycles. The van der Waals surface area contributed by atoms with Crippen LogP contribution in [0, 0.1) is 0 Å². The maximum atomic E-state index is 12.0. The van der Waals surface area contributed by atoms with Crippen LogP contribution in [0.2, 0.25) is 0 Å². The monoisotopic (exact) mass is 306 g/mol. The Balaban J connectivity index is 3.57. The fraction of sp³-hybridized carbons (Fsp3) is 0.375. The highest BCUT2D eigenvalue weighted by atomic mass is 16.4. The van der Waals surface area contributed by atoms with Crippen LogP contribution in [-0.2, 0) is 0 Å². The molecule has 1 rings (SSSR count). The number of aromatic carboxylic acids is 2. The number of carbonyl (C=O) groups is 4. The number of Topliss-reactive ketones (excluding diaryl/α,β-unsaturated/α-hetero) is 2. The molecule has 0 saturated heterocycles. The van der Waals surface area contributed by atoms with Gasteiger partial charge in [-0.15, -0.1) is 0 Å². The van der Waals surface area contributed by atoms with Crippen LogP contribution in [0.25, 0.3) is 0 Å². The molecule has 2 N–H and O–H groups in total. The highest BCUT2D eigenvalue weighted by Crippen LogP contribution is 2.22. The number of benzene rings is 1. The van der Waals surface area contributed by atoms with Crippen molar-refractivity contribution in [3.8, 4) is 0 Å².